The second-order valence-electron chi connectivity index (χ2n) is 6.90. The van der Waals surface area contributed by atoms with Crippen LogP contribution in [0.25, 0.3) is 0 Å². The van der Waals surface area contributed by atoms with E-state index in [9.17, 15) is 9.59 Å². The lowest BCUT2D eigenvalue weighted by molar-refractivity contribution is -0.113. The average Bonchev–Trinajstić information content (AvgIpc) is 3.06. The molecule has 0 aliphatic carbocycles. The van der Waals surface area contributed by atoms with Crippen LogP contribution in [0.1, 0.15) is 34.7 Å². The van der Waals surface area contributed by atoms with Gasteiger partial charge in [0.05, 0.1) is 11.8 Å². The molecule has 2 amide bonds. The number of hydrogen-bond acceptors (Lipinski definition) is 5. The van der Waals surface area contributed by atoms with E-state index < -0.39 is 0 Å². The summed E-state index contributed by atoms with van der Waals surface area (Å²) < 4.78 is 1.76. The number of carbonyl (C=O) groups is 2. The van der Waals surface area contributed by atoms with Gasteiger partial charge in [-0.2, -0.15) is 0 Å². The number of benzene rings is 2. The van der Waals surface area contributed by atoms with Crippen LogP contribution in [0.4, 0.5) is 5.69 Å². The van der Waals surface area contributed by atoms with Gasteiger partial charge < -0.3 is 15.2 Å². The molecule has 3 rings (SSSR count). The van der Waals surface area contributed by atoms with E-state index in [1.54, 1.807) is 35.9 Å². The van der Waals surface area contributed by atoms with Crippen molar-refractivity contribution in [1.29, 1.82) is 0 Å². The van der Waals surface area contributed by atoms with E-state index in [1.165, 1.54) is 11.8 Å². The number of nitrogens with zero attached hydrogens (tertiary/aromatic N) is 3. The highest BCUT2D eigenvalue weighted by molar-refractivity contribution is 7.99. The van der Waals surface area contributed by atoms with Crippen LogP contribution >= 0.6 is 35.0 Å². The van der Waals surface area contributed by atoms with E-state index >= 15 is 0 Å². The van der Waals surface area contributed by atoms with E-state index in [1.807, 2.05) is 32.0 Å². The lowest BCUT2D eigenvalue weighted by atomic mass is 10.1. The van der Waals surface area contributed by atoms with Gasteiger partial charge in [0, 0.05) is 28.3 Å². The van der Waals surface area contributed by atoms with Crippen molar-refractivity contribution in [3.8, 4) is 0 Å². The second kappa shape index (κ2) is 10.2. The summed E-state index contributed by atoms with van der Waals surface area (Å²) in [6.07, 6.45) is 0. The maximum atomic E-state index is 12.6. The van der Waals surface area contributed by atoms with Gasteiger partial charge in [-0.3, -0.25) is 9.59 Å². The van der Waals surface area contributed by atoms with Crippen LogP contribution in [0.5, 0.6) is 0 Å². The summed E-state index contributed by atoms with van der Waals surface area (Å²) in [6.45, 7) is 3.73. The minimum Gasteiger partial charge on any atom is -0.342 e. The summed E-state index contributed by atoms with van der Waals surface area (Å²) in [5, 5.41) is 15.5. The molecule has 1 atom stereocenters. The third-order valence-electron chi connectivity index (χ3n) is 4.47. The molecule has 0 saturated heterocycles. The van der Waals surface area contributed by atoms with E-state index in [0.717, 1.165) is 5.56 Å². The lowest BCUT2D eigenvalue weighted by Gasteiger charge is -2.14. The third-order valence-corrected chi connectivity index (χ3v) is 5.93. The molecule has 0 radical (unpaired) electrons. The number of amides is 2. The molecular formula is C21H21Cl2N5O2S. The fraction of sp³-hybridized carbons (Fsp3) is 0.238. The number of rotatable bonds is 7. The fourth-order valence-electron chi connectivity index (χ4n) is 2.95. The summed E-state index contributed by atoms with van der Waals surface area (Å²) in [7, 11) is 1.79. The molecule has 162 valence electrons. The maximum Gasteiger partial charge on any atom is 0.252 e. The molecule has 2 N–H and O–H groups in total. The van der Waals surface area contributed by atoms with Crippen molar-refractivity contribution in [1.82, 2.24) is 20.1 Å². The van der Waals surface area contributed by atoms with Gasteiger partial charge in [-0.1, -0.05) is 53.2 Å². The predicted molar refractivity (Wildman–Crippen MR) is 124 cm³/mol. The highest BCUT2D eigenvalue weighted by atomic mass is 35.5. The second-order valence-corrected chi connectivity index (χ2v) is 8.72. The number of carbonyl (C=O) groups excluding carboxylic acids is 2. The molecule has 0 aliphatic heterocycles. The molecule has 2 aromatic carbocycles. The van der Waals surface area contributed by atoms with Crippen molar-refractivity contribution < 1.29 is 9.59 Å². The third kappa shape index (κ3) is 6.00. The summed E-state index contributed by atoms with van der Waals surface area (Å²) in [6, 6.07) is 11.9. The van der Waals surface area contributed by atoms with Crippen LogP contribution in [0.15, 0.2) is 47.6 Å². The Balaban J connectivity index is 1.59. The first-order valence-corrected chi connectivity index (χ1v) is 11.1. The van der Waals surface area contributed by atoms with E-state index in [2.05, 4.69) is 20.8 Å². The smallest absolute Gasteiger partial charge is 0.252 e. The number of thioether (sulfide) groups is 1. The Bertz CT molecular complexity index is 1100. The number of nitrogens with one attached hydrogen (secondary N) is 2. The van der Waals surface area contributed by atoms with E-state index in [-0.39, 0.29) is 23.6 Å². The minimum atomic E-state index is -0.360. The largest absolute Gasteiger partial charge is 0.342 e. The Labute approximate surface area is 194 Å². The maximum absolute atomic E-state index is 12.6. The molecular weight excluding hydrogens is 457 g/mol. The van der Waals surface area contributed by atoms with Gasteiger partial charge >= 0.3 is 0 Å². The van der Waals surface area contributed by atoms with Crippen molar-refractivity contribution in [2.45, 2.75) is 25.0 Å². The van der Waals surface area contributed by atoms with E-state index in [4.69, 9.17) is 23.2 Å². The molecule has 1 aromatic heterocycles. The number of hydrogen-bond donors (Lipinski definition) is 2. The lowest BCUT2D eigenvalue weighted by Crippen LogP contribution is -2.29. The molecule has 0 fully saturated rings. The van der Waals surface area contributed by atoms with Crippen LogP contribution in [-0.2, 0) is 11.8 Å². The molecule has 3 aromatic rings. The summed E-state index contributed by atoms with van der Waals surface area (Å²) in [5.41, 5.74) is 2.03. The normalized spacial score (nSPS) is 11.8. The molecule has 0 aliphatic rings. The summed E-state index contributed by atoms with van der Waals surface area (Å²) >= 11 is 13.1. The molecule has 0 unspecified atom stereocenters. The first kappa shape index (κ1) is 23.1. The number of aryl methyl sites for hydroxylation is 1. The Morgan fingerprint density at radius 2 is 1.81 bits per heavy atom. The zero-order valence-electron chi connectivity index (χ0n) is 17.1. The molecule has 31 heavy (non-hydrogen) atoms. The van der Waals surface area contributed by atoms with Crippen LogP contribution in [0, 0.1) is 6.92 Å². The first-order chi connectivity index (χ1) is 14.7. The van der Waals surface area contributed by atoms with Gasteiger partial charge in [-0.05, 0) is 43.7 Å². The summed E-state index contributed by atoms with van der Waals surface area (Å²) in [5.74, 6) is 0.308. The highest BCUT2D eigenvalue weighted by Crippen LogP contribution is 2.24. The Hall–Kier alpha value is -2.55. The van der Waals surface area contributed by atoms with Crippen molar-refractivity contribution in [2.24, 2.45) is 7.05 Å². The van der Waals surface area contributed by atoms with Gasteiger partial charge in [0.25, 0.3) is 5.91 Å². The highest BCUT2D eigenvalue weighted by Gasteiger charge is 2.19. The molecule has 7 nitrogen and oxygen atoms in total. The number of anilines is 1. The first-order valence-electron chi connectivity index (χ1n) is 9.39. The SMILES string of the molecule is Cc1ccccc1C(=O)N[C@H](C)c1nnc(SCC(=O)Nc2cc(Cl)cc(Cl)c2)n1C. The molecule has 0 bridgehead atoms. The van der Waals surface area contributed by atoms with Gasteiger partial charge in [-0.15, -0.1) is 10.2 Å². The zero-order valence-corrected chi connectivity index (χ0v) is 19.5. The van der Waals surface area contributed by atoms with Crippen molar-refractivity contribution in [3.05, 3.63) is 69.5 Å². The average molecular weight is 478 g/mol. The molecule has 0 spiro atoms. The van der Waals surface area contributed by atoms with Crippen molar-refractivity contribution in [2.75, 3.05) is 11.1 Å². The van der Waals surface area contributed by atoms with Gasteiger partial charge in [0.2, 0.25) is 5.91 Å². The molecule has 0 saturated carbocycles. The van der Waals surface area contributed by atoms with Crippen LogP contribution in [-0.4, -0.2) is 32.3 Å². The van der Waals surface area contributed by atoms with Crippen LogP contribution in [0.3, 0.4) is 0 Å². The molecule has 10 heteroatoms. The number of halogens is 2. The quantitative estimate of drug-likeness (QED) is 0.483. The van der Waals surface area contributed by atoms with Crippen molar-refractivity contribution >= 4 is 52.5 Å². The van der Waals surface area contributed by atoms with Crippen LogP contribution in [0.2, 0.25) is 10.0 Å². The number of aromatic nitrogens is 3. The Morgan fingerprint density at radius 1 is 1.13 bits per heavy atom. The van der Waals surface area contributed by atoms with E-state index in [0.29, 0.717) is 32.3 Å². The Kier molecular flexibility index (Phi) is 7.59. The minimum absolute atomic E-state index is 0.125. The van der Waals surface area contributed by atoms with Gasteiger partial charge in [-0.25, -0.2) is 0 Å². The standard InChI is InChI=1S/C21H21Cl2N5O2S/c1-12-6-4-5-7-17(12)20(30)24-13(2)19-26-27-21(28(19)3)31-11-18(29)25-16-9-14(22)8-15(23)10-16/h4-10,13H,11H2,1-3H3,(H,24,30)(H,25,29)/t13-/m1/s1. The topological polar surface area (TPSA) is 88.9 Å². The van der Waals surface area contributed by atoms with Gasteiger partial charge in [0.1, 0.15) is 0 Å². The predicted octanol–water partition coefficient (Wildman–Crippen LogP) is 4.65. The monoisotopic (exact) mass is 477 g/mol. The fourth-order valence-corrected chi connectivity index (χ4v) is 4.19. The van der Waals surface area contributed by atoms with Crippen molar-refractivity contribution in [3.63, 3.8) is 0 Å². The van der Waals surface area contributed by atoms with Crippen LogP contribution < -0.4 is 10.6 Å². The molecule has 1 heterocycles. The zero-order chi connectivity index (χ0) is 22.5. The Morgan fingerprint density at radius 3 is 2.48 bits per heavy atom. The summed E-state index contributed by atoms with van der Waals surface area (Å²) in [4.78, 5) is 24.8. The van der Waals surface area contributed by atoms with Gasteiger partial charge in [0.15, 0.2) is 11.0 Å².